The molecular formula is C19H39. The Kier molecular flexibility index (Phi) is 16.1. The van der Waals surface area contributed by atoms with Crippen molar-refractivity contribution in [2.24, 2.45) is 5.92 Å². The summed E-state index contributed by atoms with van der Waals surface area (Å²) >= 11 is 0. The summed E-state index contributed by atoms with van der Waals surface area (Å²) in [7, 11) is 0. The van der Waals surface area contributed by atoms with Crippen molar-refractivity contribution in [1.29, 1.82) is 0 Å². The fourth-order valence-electron chi connectivity index (χ4n) is 2.75. The summed E-state index contributed by atoms with van der Waals surface area (Å²) in [5.74, 6) is 0.724. The lowest BCUT2D eigenvalue weighted by Gasteiger charge is -2.10. The van der Waals surface area contributed by atoms with Gasteiger partial charge in [-0.3, -0.25) is 0 Å². The van der Waals surface area contributed by atoms with E-state index in [0.29, 0.717) is 0 Å². The average molecular weight is 268 g/mol. The molecule has 1 radical (unpaired) electrons. The van der Waals surface area contributed by atoms with Crippen LogP contribution in [0.4, 0.5) is 0 Å². The van der Waals surface area contributed by atoms with E-state index in [1.54, 1.807) is 0 Å². The third kappa shape index (κ3) is 15.9. The van der Waals surface area contributed by atoms with E-state index in [2.05, 4.69) is 20.8 Å². The van der Waals surface area contributed by atoms with Crippen LogP contribution in [0.3, 0.4) is 0 Å². The normalized spacial score (nSPS) is 12.8. The maximum Gasteiger partial charge on any atom is -0.0414 e. The van der Waals surface area contributed by atoms with Gasteiger partial charge in [0.05, 0.1) is 0 Å². The van der Waals surface area contributed by atoms with Crippen molar-refractivity contribution in [1.82, 2.24) is 0 Å². The van der Waals surface area contributed by atoms with Crippen molar-refractivity contribution < 1.29 is 0 Å². The molecule has 0 aromatic heterocycles. The molecule has 0 fully saturated rings. The van der Waals surface area contributed by atoms with Crippen LogP contribution in [-0.4, -0.2) is 0 Å². The first-order valence-electron chi connectivity index (χ1n) is 9.14. The van der Waals surface area contributed by atoms with Gasteiger partial charge in [0.15, 0.2) is 0 Å². The predicted molar refractivity (Wildman–Crippen MR) is 89.5 cm³/mol. The highest BCUT2D eigenvalue weighted by Crippen LogP contribution is 2.17. The Morgan fingerprint density at radius 3 is 1.26 bits per heavy atom. The molecule has 0 rings (SSSR count). The van der Waals surface area contributed by atoms with E-state index < -0.39 is 0 Å². The lowest BCUT2D eigenvalue weighted by molar-refractivity contribution is 0.464. The molecule has 115 valence electrons. The van der Waals surface area contributed by atoms with Crippen molar-refractivity contribution in [3.63, 3.8) is 0 Å². The second-order valence-electron chi connectivity index (χ2n) is 6.33. The van der Waals surface area contributed by atoms with Gasteiger partial charge in [-0.25, -0.2) is 0 Å². The van der Waals surface area contributed by atoms with Gasteiger partial charge in [0.25, 0.3) is 0 Å². The summed E-state index contributed by atoms with van der Waals surface area (Å²) in [5.41, 5.74) is 0. The first kappa shape index (κ1) is 19.0. The van der Waals surface area contributed by atoms with Crippen LogP contribution in [0.2, 0.25) is 0 Å². The van der Waals surface area contributed by atoms with Crippen LogP contribution in [0.25, 0.3) is 0 Å². The third-order valence-corrected chi connectivity index (χ3v) is 4.18. The van der Waals surface area contributed by atoms with Crippen molar-refractivity contribution in [3.05, 3.63) is 6.92 Å². The molecule has 0 N–H and O–H groups in total. The maximum atomic E-state index is 4.30. The topological polar surface area (TPSA) is 0 Å². The van der Waals surface area contributed by atoms with Crippen molar-refractivity contribution in [2.75, 3.05) is 0 Å². The Labute approximate surface area is 123 Å². The Balaban J connectivity index is 3.07. The van der Waals surface area contributed by atoms with E-state index in [9.17, 15) is 0 Å². The van der Waals surface area contributed by atoms with Gasteiger partial charge >= 0.3 is 0 Å². The maximum absolute atomic E-state index is 4.30. The van der Waals surface area contributed by atoms with Crippen LogP contribution >= 0.6 is 0 Å². The number of hydrogen-bond donors (Lipinski definition) is 0. The molecule has 1 atom stereocenters. The molecule has 0 bridgehead atoms. The third-order valence-electron chi connectivity index (χ3n) is 4.18. The van der Waals surface area contributed by atoms with E-state index in [-0.39, 0.29) is 0 Å². The minimum atomic E-state index is 0.724. The van der Waals surface area contributed by atoms with E-state index in [0.717, 1.165) is 5.92 Å². The molecule has 1 unspecified atom stereocenters. The second-order valence-corrected chi connectivity index (χ2v) is 6.33. The van der Waals surface area contributed by atoms with E-state index in [1.807, 2.05) is 0 Å². The molecule has 0 heterocycles. The zero-order chi connectivity index (χ0) is 14.2. The fourth-order valence-corrected chi connectivity index (χ4v) is 2.75. The minimum absolute atomic E-state index is 0.724. The average Bonchev–Trinajstić information content (AvgIpc) is 2.42. The number of rotatable bonds is 15. The molecule has 0 saturated heterocycles. The molecule has 0 heteroatoms. The lowest BCUT2D eigenvalue weighted by atomic mass is 9.96. The van der Waals surface area contributed by atoms with Gasteiger partial charge in [-0.1, -0.05) is 117 Å². The van der Waals surface area contributed by atoms with Crippen LogP contribution in [-0.2, 0) is 0 Å². The largest absolute Gasteiger partial charge is 0.0654 e. The molecule has 0 spiro atoms. The zero-order valence-corrected chi connectivity index (χ0v) is 13.9. The van der Waals surface area contributed by atoms with Crippen molar-refractivity contribution >= 4 is 0 Å². The molecule has 0 saturated carbocycles. The molecular weight excluding hydrogens is 228 g/mol. The molecule has 0 aromatic carbocycles. The monoisotopic (exact) mass is 267 g/mol. The SMILES string of the molecule is [CH2]C(CCCCCC)CCCCCCCCCCC. The minimum Gasteiger partial charge on any atom is -0.0654 e. The summed E-state index contributed by atoms with van der Waals surface area (Å²) in [6.07, 6.45) is 21.2. The number of unbranched alkanes of at least 4 members (excludes halogenated alkanes) is 11. The van der Waals surface area contributed by atoms with Crippen molar-refractivity contribution in [2.45, 2.75) is 110 Å². The summed E-state index contributed by atoms with van der Waals surface area (Å²) in [5, 5.41) is 0. The molecule has 0 nitrogen and oxygen atoms in total. The predicted octanol–water partition coefficient (Wildman–Crippen LogP) is 7.33. The number of hydrogen-bond acceptors (Lipinski definition) is 0. The van der Waals surface area contributed by atoms with Gasteiger partial charge in [-0.2, -0.15) is 0 Å². The van der Waals surface area contributed by atoms with Crippen molar-refractivity contribution in [3.8, 4) is 0 Å². The second kappa shape index (κ2) is 16.1. The van der Waals surface area contributed by atoms with Gasteiger partial charge in [0.1, 0.15) is 0 Å². The van der Waals surface area contributed by atoms with Crippen LogP contribution in [0.5, 0.6) is 0 Å². The van der Waals surface area contributed by atoms with Gasteiger partial charge in [-0.15, -0.1) is 0 Å². The summed E-state index contributed by atoms with van der Waals surface area (Å²) in [4.78, 5) is 0. The van der Waals surface area contributed by atoms with Gasteiger partial charge < -0.3 is 0 Å². The molecule has 19 heavy (non-hydrogen) atoms. The highest BCUT2D eigenvalue weighted by molar-refractivity contribution is 4.62. The van der Waals surface area contributed by atoms with Gasteiger partial charge in [-0.05, 0) is 5.92 Å². The first-order chi connectivity index (χ1) is 9.31. The fraction of sp³-hybridized carbons (Fsp3) is 0.947. The quantitative estimate of drug-likeness (QED) is 0.272. The van der Waals surface area contributed by atoms with E-state index >= 15 is 0 Å². The van der Waals surface area contributed by atoms with Crippen LogP contribution < -0.4 is 0 Å². The lowest BCUT2D eigenvalue weighted by Crippen LogP contribution is -1.95. The van der Waals surface area contributed by atoms with Crippen LogP contribution in [0.1, 0.15) is 110 Å². The van der Waals surface area contributed by atoms with Crippen LogP contribution in [0, 0.1) is 12.8 Å². The Morgan fingerprint density at radius 1 is 0.526 bits per heavy atom. The van der Waals surface area contributed by atoms with Gasteiger partial charge in [0.2, 0.25) is 0 Å². The summed E-state index contributed by atoms with van der Waals surface area (Å²) < 4.78 is 0. The van der Waals surface area contributed by atoms with E-state index in [4.69, 9.17) is 0 Å². The molecule has 0 aliphatic rings. The Morgan fingerprint density at radius 2 is 0.842 bits per heavy atom. The molecule has 0 amide bonds. The van der Waals surface area contributed by atoms with Gasteiger partial charge in [0, 0.05) is 0 Å². The highest BCUT2D eigenvalue weighted by atomic mass is 14.1. The molecule has 0 aliphatic carbocycles. The Bertz CT molecular complexity index is 150. The zero-order valence-electron chi connectivity index (χ0n) is 13.9. The first-order valence-corrected chi connectivity index (χ1v) is 9.14. The Hall–Kier alpha value is 0. The smallest absolute Gasteiger partial charge is 0.0414 e. The summed E-state index contributed by atoms with van der Waals surface area (Å²) in [6, 6.07) is 0. The summed E-state index contributed by atoms with van der Waals surface area (Å²) in [6.45, 7) is 8.87. The molecule has 0 aliphatic heterocycles. The van der Waals surface area contributed by atoms with Crippen LogP contribution in [0.15, 0.2) is 0 Å². The highest BCUT2D eigenvalue weighted by Gasteiger charge is 2.01. The standard InChI is InChI=1S/C19H39/c1-4-6-8-10-11-12-13-14-16-18-19(3)17-15-9-7-5-2/h19H,3-18H2,1-2H3. The van der Waals surface area contributed by atoms with E-state index in [1.165, 1.54) is 96.3 Å². The molecule has 0 aromatic rings.